The van der Waals surface area contributed by atoms with Gasteiger partial charge in [-0.2, -0.15) is 0 Å². The minimum atomic E-state index is 0. The van der Waals surface area contributed by atoms with Crippen molar-refractivity contribution in [2.45, 2.75) is 18.5 Å². The lowest BCUT2D eigenvalue weighted by atomic mass is 10.0. The molecule has 0 bridgehead atoms. The molecule has 1 aromatic heterocycles. The predicted molar refractivity (Wildman–Crippen MR) is 123 cm³/mol. The molecule has 164 valence electrons. The predicted octanol–water partition coefficient (Wildman–Crippen LogP) is 2.18. The maximum Gasteiger partial charge on any atom is 0.0644 e. The van der Waals surface area contributed by atoms with Crippen LogP contribution in [0, 0.1) is 0 Å². The van der Waals surface area contributed by atoms with Gasteiger partial charge in [-0.1, -0.05) is 18.2 Å². The zero-order valence-corrected chi connectivity index (χ0v) is 18.8. The Balaban J connectivity index is 0.00000150. The van der Waals surface area contributed by atoms with Gasteiger partial charge >= 0.3 is 0 Å². The summed E-state index contributed by atoms with van der Waals surface area (Å²) in [5.74, 6) is 0. The van der Waals surface area contributed by atoms with Gasteiger partial charge in [-0.15, -0.1) is 24.8 Å². The fourth-order valence-corrected chi connectivity index (χ4v) is 4.40. The minimum absolute atomic E-state index is 0. The van der Waals surface area contributed by atoms with Gasteiger partial charge in [0.15, 0.2) is 0 Å². The summed E-state index contributed by atoms with van der Waals surface area (Å²) in [6, 6.07) is 9.49. The number of hydrogen-bond donors (Lipinski definition) is 2. The van der Waals surface area contributed by atoms with Crippen LogP contribution in [0.25, 0.3) is 10.9 Å². The Morgan fingerprint density at radius 3 is 2.90 bits per heavy atom. The quantitative estimate of drug-likeness (QED) is 0.685. The molecule has 2 N–H and O–H groups in total. The molecule has 1 aromatic carbocycles. The average Bonchev–Trinajstić information content (AvgIpc) is 3.11. The molecule has 0 amide bonds. The van der Waals surface area contributed by atoms with Crippen LogP contribution in [0.4, 0.5) is 0 Å². The summed E-state index contributed by atoms with van der Waals surface area (Å²) >= 11 is 0. The van der Waals surface area contributed by atoms with Gasteiger partial charge in [-0.25, -0.2) is 0 Å². The van der Waals surface area contributed by atoms with Gasteiger partial charge in [0.05, 0.1) is 25.9 Å². The molecule has 8 heteroatoms. The number of hydrogen-bond acceptors (Lipinski definition) is 5. The largest absolute Gasteiger partial charge is 0.383 e. The molecule has 2 atom stereocenters. The van der Waals surface area contributed by atoms with Gasteiger partial charge in [0.1, 0.15) is 0 Å². The molecule has 3 heterocycles. The van der Waals surface area contributed by atoms with Crippen LogP contribution in [-0.4, -0.2) is 93.1 Å². The topological polar surface area (TPSA) is 52.8 Å². The number of nitrogens with zero attached hydrogens (tertiary/aromatic N) is 2. The second kappa shape index (κ2) is 12.1. The van der Waals surface area contributed by atoms with Crippen molar-refractivity contribution in [2.24, 2.45) is 0 Å². The molecule has 29 heavy (non-hydrogen) atoms. The molecule has 6 nitrogen and oxygen atoms in total. The highest BCUT2D eigenvalue weighted by Gasteiger charge is 2.25. The maximum atomic E-state index is 5.62. The van der Waals surface area contributed by atoms with Crippen molar-refractivity contribution in [1.82, 2.24) is 20.1 Å². The molecule has 1 unspecified atom stereocenters. The van der Waals surface area contributed by atoms with E-state index in [9.17, 15) is 0 Å². The monoisotopic (exact) mass is 444 g/mol. The van der Waals surface area contributed by atoms with E-state index < -0.39 is 0 Å². The number of halogens is 2. The Morgan fingerprint density at radius 2 is 2.03 bits per heavy atom. The van der Waals surface area contributed by atoms with E-state index in [4.69, 9.17) is 9.47 Å². The van der Waals surface area contributed by atoms with Crippen molar-refractivity contribution in [3.8, 4) is 0 Å². The molecule has 4 rings (SSSR count). The lowest BCUT2D eigenvalue weighted by Gasteiger charge is -2.38. The summed E-state index contributed by atoms with van der Waals surface area (Å²) in [4.78, 5) is 8.54. The number of ether oxygens (including phenoxy) is 2. The van der Waals surface area contributed by atoms with E-state index in [1.54, 1.807) is 7.11 Å². The Hall–Kier alpha value is -0.860. The first-order chi connectivity index (χ1) is 13.3. The molecule has 0 aliphatic carbocycles. The van der Waals surface area contributed by atoms with E-state index in [0.29, 0.717) is 12.1 Å². The number of rotatable bonds is 7. The lowest BCUT2D eigenvalue weighted by Crippen LogP contribution is -2.55. The average molecular weight is 445 g/mol. The van der Waals surface area contributed by atoms with E-state index in [0.717, 1.165) is 65.5 Å². The van der Waals surface area contributed by atoms with E-state index in [1.807, 2.05) is 0 Å². The second-order valence-electron chi connectivity index (χ2n) is 7.74. The van der Waals surface area contributed by atoms with Crippen LogP contribution >= 0.6 is 24.8 Å². The smallest absolute Gasteiger partial charge is 0.0644 e. The minimum Gasteiger partial charge on any atom is -0.383 e. The zero-order valence-electron chi connectivity index (χ0n) is 17.1. The van der Waals surface area contributed by atoms with Gasteiger partial charge in [-0.05, 0) is 18.1 Å². The van der Waals surface area contributed by atoms with Gasteiger partial charge in [0.2, 0.25) is 0 Å². The highest BCUT2D eigenvalue weighted by atomic mass is 35.5. The first-order valence-electron chi connectivity index (χ1n) is 10.1. The van der Waals surface area contributed by atoms with Crippen molar-refractivity contribution in [1.29, 1.82) is 0 Å². The summed E-state index contributed by atoms with van der Waals surface area (Å²) in [6.07, 6.45) is 3.25. The number of aromatic amines is 1. The van der Waals surface area contributed by atoms with Gasteiger partial charge < -0.3 is 19.8 Å². The number of benzene rings is 1. The highest BCUT2D eigenvalue weighted by molar-refractivity contribution is 5.85. The number of methoxy groups -OCH3 is 1. The lowest BCUT2D eigenvalue weighted by molar-refractivity contribution is -0.0382. The van der Waals surface area contributed by atoms with Crippen molar-refractivity contribution in [3.63, 3.8) is 0 Å². The van der Waals surface area contributed by atoms with Crippen LogP contribution in [-0.2, 0) is 15.9 Å². The van der Waals surface area contributed by atoms with Gasteiger partial charge in [0.25, 0.3) is 0 Å². The first-order valence-corrected chi connectivity index (χ1v) is 10.1. The van der Waals surface area contributed by atoms with E-state index in [1.165, 1.54) is 16.5 Å². The van der Waals surface area contributed by atoms with Crippen molar-refractivity contribution < 1.29 is 9.47 Å². The van der Waals surface area contributed by atoms with Crippen LogP contribution in [0.2, 0.25) is 0 Å². The number of aromatic nitrogens is 1. The number of para-hydroxylation sites is 1. The molecule has 2 aliphatic heterocycles. The Bertz CT molecular complexity index is 728. The normalized spacial score (nSPS) is 23.5. The van der Waals surface area contributed by atoms with Crippen molar-refractivity contribution in [3.05, 3.63) is 36.0 Å². The number of fused-ring (bicyclic) bond motifs is 1. The van der Waals surface area contributed by atoms with E-state index >= 15 is 0 Å². The fourth-order valence-electron chi connectivity index (χ4n) is 4.40. The first kappa shape index (κ1) is 24.4. The molecule has 0 saturated carbocycles. The molecular weight excluding hydrogens is 411 g/mol. The molecule has 0 radical (unpaired) electrons. The molecule has 2 fully saturated rings. The molecule has 2 aliphatic rings. The third-order valence-corrected chi connectivity index (χ3v) is 5.89. The summed E-state index contributed by atoms with van der Waals surface area (Å²) < 4.78 is 11.0. The molecule has 2 aromatic rings. The molecular formula is C21H34Cl2N4O2. The summed E-state index contributed by atoms with van der Waals surface area (Å²) in [6.45, 7) is 8.91. The summed E-state index contributed by atoms with van der Waals surface area (Å²) in [7, 11) is 1.78. The summed E-state index contributed by atoms with van der Waals surface area (Å²) in [5.41, 5.74) is 2.65. The van der Waals surface area contributed by atoms with Crippen LogP contribution < -0.4 is 5.32 Å². The van der Waals surface area contributed by atoms with Gasteiger partial charge in [0, 0.05) is 69.5 Å². The Morgan fingerprint density at radius 1 is 1.17 bits per heavy atom. The third kappa shape index (κ3) is 6.31. The van der Waals surface area contributed by atoms with E-state index in [2.05, 4.69) is 50.6 Å². The SMILES string of the molecule is COC[C@H]1COCCN1CCN1CCNC(Cc2c[nH]c3ccccc23)C1.Cl.Cl. The second-order valence-corrected chi connectivity index (χ2v) is 7.74. The van der Waals surface area contributed by atoms with Crippen LogP contribution in [0.1, 0.15) is 5.56 Å². The number of morpholine rings is 1. The van der Waals surface area contributed by atoms with Crippen molar-refractivity contribution in [2.75, 3.05) is 66.2 Å². The fraction of sp³-hybridized carbons (Fsp3) is 0.619. The Labute approximate surface area is 186 Å². The standard InChI is InChI=1S/C21H32N4O2.2ClH/c1-26-15-19-16-27-11-10-25(19)9-8-24-7-6-22-18(14-24)12-17-13-23-21-5-3-2-4-20(17)21;;/h2-5,13,18-19,22-23H,6-12,14-16H2,1H3;2*1H/t18?,19-;;/m0../s1. The van der Waals surface area contributed by atoms with Gasteiger partial charge in [-0.3, -0.25) is 9.80 Å². The number of nitrogens with one attached hydrogen (secondary N) is 2. The van der Waals surface area contributed by atoms with Crippen molar-refractivity contribution >= 4 is 35.7 Å². The highest BCUT2D eigenvalue weighted by Crippen LogP contribution is 2.20. The van der Waals surface area contributed by atoms with Crippen LogP contribution in [0.3, 0.4) is 0 Å². The zero-order chi connectivity index (χ0) is 18.5. The van der Waals surface area contributed by atoms with Crippen LogP contribution in [0.5, 0.6) is 0 Å². The Kier molecular flexibility index (Phi) is 10.2. The molecule has 0 spiro atoms. The number of H-pyrrole nitrogens is 1. The maximum absolute atomic E-state index is 5.62. The number of piperazine rings is 1. The van der Waals surface area contributed by atoms with E-state index in [-0.39, 0.29) is 24.8 Å². The summed E-state index contributed by atoms with van der Waals surface area (Å²) in [5, 5.41) is 5.06. The van der Waals surface area contributed by atoms with Crippen LogP contribution in [0.15, 0.2) is 30.5 Å². The molecule has 2 saturated heterocycles. The third-order valence-electron chi connectivity index (χ3n) is 5.89.